The molecule has 11 heteroatoms. The zero-order valence-electron chi connectivity index (χ0n) is 19.8. The Balaban J connectivity index is 1.73. The summed E-state index contributed by atoms with van der Waals surface area (Å²) in [6.45, 7) is 8.60. The van der Waals surface area contributed by atoms with Crippen LogP contribution in [0.1, 0.15) is 11.5 Å². The van der Waals surface area contributed by atoms with Gasteiger partial charge in [-0.1, -0.05) is 19.6 Å². The first kappa shape index (κ1) is 24.0. The molecule has 0 aromatic carbocycles. The molecule has 33 heavy (non-hydrogen) atoms. The van der Waals surface area contributed by atoms with E-state index in [1.165, 1.54) is 26.5 Å². The Kier molecular flexibility index (Phi) is 7.22. The van der Waals surface area contributed by atoms with Gasteiger partial charge in [-0.3, -0.25) is 9.78 Å². The minimum absolute atomic E-state index is 0.0477. The van der Waals surface area contributed by atoms with Crippen molar-refractivity contribution >= 4 is 24.9 Å². The third kappa shape index (κ3) is 5.80. The Bertz CT molecular complexity index is 1120. The molecule has 3 heterocycles. The van der Waals surface area contributed by atoms with E-state index < -0.39 is 8.07 Å². The zero-order valence-corrected chi connectivity index (χ0v) is 20.8. The van der Waals surface area contributed by atoms with E-state index in [9.17, 15) is 4.79 Å². The molecule has 0 bridgehead atoms. The molecule has 3 aromatic heterocycles. The number of pyridine rings is 1. The Morgan fingerprint density at radius 3 is 2.30 bits per heavy atom. The van der Waals surface area contributed by atoms with Crippen molar-refractivity contribution < 1.29 is 28.2 Å². The van der Waals surface area contributed by atoms with E-state index in [0.29, 0.717) is 11.5 Å². The Morgan fingerprint density at radius 2 is 1.73 bits per heavy atom. The molecule has 0 aliphatic carbocycles. The Labute approximate surface area is 193 Å². The second-order valence-corrected chi connectivity index (χ2v) is 13.3. The van der Waals surface area contributed by atoms with E-state index in [1.54, 1.807) is 12.1 Å². The van der Waals surface area contributed by atoms with Crippen LogP contribution in [0.2, 0.25) is 19.6 Å². The highest BCUT2D eigenvalue weighted by atomic mass is 28.3. The molecule has 0 saturated heterocycles. The molecule has 176 valence electrons. The van der Waals surface area contributed by atoms with Crippen LogP contribution in [0.15, 0.2) is 28.8 Å². The number of amides is 1. The van der Waals surface area contributed by atoms with E-state index in [1.807, 2.05) is 19.2 Å². The fourth-order valence-electron chi connectivity index (χ4n) is 2.88. The van der Waals surface area contributed by atoms with Gasteiger partial charge in [0.05, 0.1) is 41.5 Å². The molecule has 0 spiro atoms. The number of hydrogen-bond donors (Lipinski definition) is 1. The van der Waals surface area contributed by atoms with Crippen molar-refractivity contribution in [1.29, 1.82) is 0 Å². The van der Waals surface area contributed by atoms with Crippen LogP contribution in [0.25, 0.3) is 0 Å². The largest absolute Gasteiger partial charge is 0.479 e. The second-order valence-electron chi connectivity index (χ2n) is 8.21. The number of aromatic nitrogens is 3. The fraction of sp³-hybridized carbons (Fsp3) is 0.364. The van der Waals surface area contributed by atoms with Gasteiger partial charge in [-0.25, -0.2) is 0 Å². The van der Waals surface area contributed by atoms with Crippen LogP contribution in [0.3, 0.4) is 0 Å². The summed E-state index contributed by atoms with van der Waals surface area (Å²) in [5, 5.41) is 3.88. The van der Waals surface area contributed by atoms with Crippen molar-refractivity contribution in [3.05, 3.63) is 35.9 Å². The normalized spacial score (nSPS) is 11.1. The molecule has 0 radical (unpaired) electrons. The highest BCUT2D eigenvalue weighted by molar-refractivity contribution is 6.88. The Hall–Kier alpha value is -3.60. The summed E-state index contributed by atoms with van der Waals surface area (Å²) in [6.07, 6.45) is 1.85. The molecule has 3 rings (SSSR count). The van der Waals surface area contributed by atoms with Gasteiger partial charge in [0.25, 0.3) is 5.95 Å². The van der Waals surface area contributed by atoms with Crippen molar-refractivity contribution in [1.82, 2.24) is 15.0 Å². The molecule has 0 atom stereocenters. The van der Waals surface area contributed by atoms with E-state index >= 15 is 0 Å². The number of nitrogens with zero attached hydrogens (tertiary/aromatic N) is 3. The van der Waals surface area contributed by atoms with Gasteiger partial charge < -0.3 is 28.7 Å². The predicted octanol–water partition coefficient (Wildman–Crippen LogP) is 3.32. The van der Waals surface area contributed by atoms with Crippen molar-refractivity contribution in [3.63, 3.8) is 0 Å². The maximum Gasteiger partial charge on any atom is 0.322 e. The van der Waals surface area contributed by atoms with Gasteiger partial charge in [-0.15, -0.1) is 0 Å². The van der Waals surface area contributed by atoms with E-state index in [2.05, 4.69) is 39.9 Å². The number of nitrogens with one attached hydrogen (secondary N) is 1. The summed E-state index contributed by atoms with van der Waals surface area (Å²) < 4.78 is 27.1. The van der Waals surface area contributed by atoms with Gasteiger partial charge in [-0.05, 0) is 24.2 Å². The summed E-state index contributed by atoms with van der Waals surface area (Å²) in [4.78, 5) is 25.2. The lowest BCUT2D eigenvalue weighted by atomic mass is 10.3. The third-order valence-electron chi connectivity index (χ3n) is 4.74. The quantitative estimate of drug-likeness (QED) is 0.468. The average molecular weight is 473 g/mol. The molecule has 1 N–H and O–H groups in total. The molecular weight excluding hydrogens is 444 g/mol. The van der Waals surface area contributed by atoms with Crippen molar-refractivity contribution in [2.45, 2.75) is 33.0 Å². The van der Waals surface area contributed by atoms with Crippen LogP contribution in [-0.4, -0.2) is 50.3 Å². The van der Waals surface area contributed by atoms with Crippen LogP contribution in [-0.2, 0) is 11.2 Å². The van der Waals surface area contributed by atoms with Gasteiger partial charge >= 0.3 is 6.01 Å². The van der Waals surface area contributed by atoms with Crippen molar-refractivity contribution in [2.24, 2.45) is 0 Å². The lowest BCUT2D eigenvalue weighted by Gasteiger charge is -2.17. The maximum atomic E-state index is 12.6. The SMILES string of the molecule is COc1nc(OC)c(NC(=O)Cc2ccc(Oc3cc([Si](C)(C)C)cnc3C)o2)c(OC)n1. The van der Waals surface area contributed by atoms with Crippen LogP contribution in [0, 0.1) is 6.92 Å². The molecule has 1 amide bonds. The molecule has 0 fully saturated rings. The van der Waals surface area contributed by atoms with E-state index in [-0.39, 0.29) is 41.7 Å². The van der Waals surface area contributed by atoms with Crippen molar-refractivity contribution in [2.75, 3.05) is 26.6 Å². The summed E-state index contributed by atoms with van der Waals surface area (Å²) in [5.74, 6) is 1.17. The van der Waals surface area contributed by atoms with Crippen molar-refractivity contribution in [3.8, 4) is 29.5 Å². The number of aryl methyl sites for hydroxylation is 1. The van der Waals surface area contributed by atoms with Gasteiger partial charge in [-0.2, -0.15) is 9.97 Å². The topological polar surface area (TPSA) is 118 Å². The molecule has 0 aliphatic rings. The van der Waals surface area contributed by atoms with Gasteiger partial charge in [0, 0.05) is 12.3 Å². The lowest BCUT2D eigenvalue weighted by molar-refractivity contribution is -0.115. The summed E-state index contributed by atoms with van der Waals surface area (Å²) in [7, 11) is 2.71. The third-order valence-corrected chi connectivity index (χ3v) is 6.75. The molecular formula is C22H28N4O6Si. The number of rotatable bonds is 9. The number of furan rings is 1. The highest BCUT2D eigenvalue weighted by Crippen LogP contribution is 2.33. The minimum atomic E-state index is -1.55. The van der Waals surface area contributed by atoms with Crippen LogP contribution in [0.5, 0.6) is 29.5 Å². The summed E-state index contributed by atoms with van der Waals surface area (Å²) in [6, 6.07) is 5.41. The smallest absolute Gasteiger partial charge is 0.322 e. The monoisotopic (exact) mass is 472 g/mol. The van der Waals surface area contributed by atoms with E-state index in [0.717, 1.165) is 5.69 Å². The second kappa shape index (κ2) is 9.90. The van der Waals surface area contributed by atoms with E-state index in [4.69, 9.17) is 23.4 Å². The minimum Gasteiger partial charge on any atom is -0.479 e. The first-order valence-corrected chi connectivity index (χ1v) is 13.7. The highest BCUT2D eigenvalue weighted by Gasteiger charge is 2.21. The molecule has 0 unspecified atom stereocenters. The maximum absolute atomic E-state index is 12.6. The predicted molar refractivity (Wildman–Crippen MR) is 125 cm³/mol. The molecule has 0 aliphatic heterocycles. The van der Waals surface area contributed by atoms with Gasteiger partial charge in [0.2, 0.25) is 17.7 Å². The first-order valence-electron chi connectivity index (χ1n) is 10.2. The Morgan fingerprint density at radius 1 is 1.06 bits per heavy atom. The van der Waals surface area contributed by atoms with Crippen LogP contribution >= 0.6 is 0 Å². The number of carbonyl (C=O) groups is 1. The van der Waals surface area contributed by atoms with Gasteiger partial charge in [0.15, 0.2) is 11.4 Å². The van der Waals surface area contributed by atoms with Crippen LogP contribution < -0.4 is 29.5 Å². The van der Waals surface area contributed by atoms with Gasteiger partial charge in [0.1, 0.15) is 5.76 Å². The number of ether oxygens (including phenoxy) is 4. The first-order chi connectivity index (χ1) is 15.6. The number of anilines is 1. The van der Waals surface area contributed by atoms with Crippen LogP contribution in [0.4, 0.5) is 5.69 Å². The number of methoxy groups -OCH3 is 3. The summed E-state index contributed by atoms with van der Waals surface area (Å²) in [5.41, 5.74) is 0.949. The number of hydrogen-bond acceptors (Lipinski definition) is 9. The average Bonchev–Trinajstić information content (AvgIpc) is 3.20. The molecule has 10 nitrogen and oxygen atoms in total. The fourth-order valence-corrected chi connectivity index (χ4v) is 3.90. The summed E-state index contributed by atoms with van der Waals surface area (Å²) >= 11 is 0. The number of carbonyl (C=O) groups excluding carboxylic acids is 1. The zero-order chi connectivity index (χ0) is 24.2. The standard InChI is InChI=1S/C22H28N4O6Si/c1-13-16(11-15(12-23-13)33(5,6)7)32-18-9-8-14(31-18)10-17(27)24-19-20(28-2)25-22(30-4)26-21(19)29-3/h8-9,11-12H,10H2,1-7H3,(H,24,27). The molecule has 0 saturated carbocycles. The lowest BCUT2D eigenvalue weighted by Crippen LogP contribution is -2.37. The molecule has 3 aromatic rings.